The van der Waals surface area contributed by atoms with E-state index in [0.717, 1.165) is 19.3 Å². The number of nitriles is 1. The molecule has 0 aliphatic carbocycles. The molecule has 4 nitrogen and oxygen atoms in total. The Morgan fingerprint density at radius 1 is 1.04 bits per heavy atom. The minimum Gasteiger partial charge on any atom is -0.479 e. The van der Waals surface area contributed by atoms with Crippen molar-refractivity contribution >= 4 is 5.97 Å². The highest BCUT2D eigenvalue weighted by atomic mass is 16.6. The van der Waals surface area contributed by atoms with E-state index in [2.05, 4.69) is 10.8 Å². The Kier molecular flexibility index (Phi) is 6.39. The topological polar surface area (TPSA) is 59.3 Å². The number of benzene rings is 2. The first-order chi connectivity index (χ1) is 11.6. The molecule has 0 aliphatic rings. The third kappa shape index (κ3) is 5.13. The van der Waals surface area contributed by atoms with Gasteiger partial charge in [0.05, 0.1) is 18.7 Å². The lowest BCUT2D eigenvalue weighted by atomic mass is 10.0. The quantitative estimate of drug-likeness (QED) is 0.729. The summed E-state index contributed by atoms with van der Waals surface area (Å²) in [6, 6.07) is 17.6. The fraction of sp³-hybridized carbons (Fsp3) is 0.300. The van der Waals surface area contributed by atoms with Crippen LogP contribution in [0.2, 0.25) is 0 Å². The molecule has 1 atom stereocenters. The summed E-state index contributed by atoms with van der Waals surface area (Å²) in [5.74, 6) is 0.269. The van der Waals surface area contributed by atoms with Crippen LogP contribution >= 0.6 is 0 Å². The van der Waals surface area contributed by atoms with E-state index in [-0.39, 0.29) is 5.97 Å². The monoisotopic (exact) mass is 323 g/mol. The van der Waals surface area contributed by atoms with E-state index in [4.69, 9.17) is 10.00 Å². The van der Waals surface area contributed by atoms with E-state index in [0.29, 0.717) is 11.3 Å². The van der Waals surface area contributed by atoms with Crippen molar-refractivity contribution in [3.63, 3.8) is 0 Å². The van der Waals surface area contributed by atoms with Crippen LogP contribution in [-0.4, -0.2) is 19.2 Å². The third-order valence-corrected chi connectivity index (χ3v) is 3.78. The number of aryl methyl sites for hydroxylation is 2. The standard InChI is InChI=1S/C20H21NO3/c1-15(20(22)23-2)24-19-12-10-17(11-13-19)5-3-4-16-6-8-18(14-21)9-7-16/h6-13,15H,3-5H2,1-2H3. The van der Waals surface area contributed by atoms with Crippen LogP contribution in [0.25, 0.3) is 0 Å². The molecule has 0 radical (unpaired) electrons. The summed E-state index contributed by atoms with van der Waals surface area (Å²) in [4.78, 5) is 11.3. The SMILES string of the molecule is COC(=O)C(C)Oc1ccc(CCCc2ccc(C#N)cc2)cc1. The van der Waals surface area contributed by atoms with E-state index in [1.165, 1.54) is 18.2 Å². The summed E-state index contributed by atoms with van der Waals surface area (Å²) in [5, 5.41) is 8.79. The molecule has 0 bridgehead atoms. The minimum absolute atomic E-state index is 0.388. The molecule has 2 rings (SSSR count). The molecule has 2 aromatic carbocycles. The van der Waals surface area contributed by atoms with Crippen molar-refractivity contribution in [2.24, 2.45) is 0 Å². The third-order valence-electron chi connectivity index (χ3n) is 3.78. The van der Waals surface area contributed by atoms with Crippen molar-refractivity contribution in [3.8, 4) is 11.8 Å². The fourth-order valence-electron chi connectivity index (χ4n) is 2.40. The highest BCUT2D eigenvalue weighted by molar-refractivity contribution is 5.74. The van der Waals surface area contributed by atoms with Crippen LogP contribution in [-0.2, 0) is 22.4 Å². The van der Waals surface area contributed by atoms with E-state index in [1.807, 2.05) is 48.5 Å². The van der Waals surface area contributed by atoms with Gasteiger partial charge in [0.15, 0.2) is 6.10 Å². The molecule has 1 unspecified atom stereocenters. The van der Waals surface area contributed by atoms with Crippen LogP contribution in [0.15, 0.2) is 48.5 Å². The predicted octanol–water partition coefficient (Wildman–Crippen LogP) is 3.67. The Bertz CT molecular complexity index is 699. The van der Waals surface area contributed by atoms with Crippen LogP contribution in [0.4, 0.5) is 0 Å². The number of ether oxygens (including phenoxy) is 2. The van der Waals surface area contributed by atoms with Gasteiger partial charge in [-0.3, -0.25) is 0 Å². The van der Waals surface area contributed by atoms with E-state index in [1.54, 1.807) is 6.92 Å². The lowest BCUT2D eigenvalue weighted by Gasteiger charge is -2.12. The lowest BCUT2D eigenvalue weighted by molar-refractivity contribution is -0.147. The van der Waals surface area contributed by atoms with Crippen molar-refractivity contribution in [2.75, 3.05) is 7.11 Å². The summed E-state index contributed by atoms with van der Waals surface area (Å²) in [7, 11) is 1.35. The van der Waals surface area contributed by atoms with Crippen LogP contribution in [0.3, 0.4) is 0 Å². The highest BCUT2D eigenvalue weighted by Gasteiger charge is 2.14. The molecule has 0 saturated heterocycles. The normalized spacial score (nSPS) is 11.4. The second kappa shape index (κ2) is 8.73. The number of hydrogen-bond acceptors (Lipinski definition) is 4. The molecule has 0 N–H and O–H groups in total. The maximum atomic E-state index is 11.3. The van der Waals surface area contributed by atoms with Gasteiger partial charge in [-0.1, -0.05) is 24.3 Å². The summed E-state index contributed by atoms with van der Waals surface area (Å²) in [6.45, 7) is 1.66. The average molecular weight is 323 g/mol. The summed E-state index contributed by atoms with van der Waals surface area (Å²) < 4.78 is 10.2. The Morgan fingerprint density at radius 3 is 2.08 bits per heavy atom. The molecular weight excluding hydrogens is 302 g/mol. The van der Waals surface area contributed by atoms with Crippen LogP contribution in [0.1, 0.15) is 30.0 Å². The molecule has 0 fully saturated rings. The Balaban J connectivity index is 1.81. The number of carbonyl (C=O) groups is 1. The van der Waals surface area contributed by atoms with Gasteiger partial charge in [-0.25, -0.2) is 4.79 Å². The Hall–Kier alpha value is -2.80. The second-order valence-electron chi connectivity index (χ2n) is 5.59. The fourth-order valence-corrected chi connectivity index (χ4v) is 2.40. The van der Waals surface area contributed by atoms with Gasteiger partial charge < -0.3 is 9.47 Å². The molecule has 0 heterocycles. The van der Waals surface area contributed by atoms with Crippen molar-refractivity contribution < 1.29 is 14.3 Å². The van der Waals surface area contributed by atoms with Crippen molar-refractivity contribution in [2.45, 2.75) is 32.3 Å². The summed E-state index contributed by atoms with van der Waals surface area (Å²) in [5.41, 5.74) is 3.15. The van der Waals surface area contributed by atoms with Gasteiger partial charge in [0.1, 0.15) is 5.75 Å². The zero-order valence-corrected chi connectivity index (χ0v) is 14.0. The molecule has 24 heavy (non-hydrogen) atoms. The van der Waals surface area contributed by atoms with E-state index >= 15 is 0 Å². The number of methoxy groups -OCH3 is 1. The summed E-state index contributed by atoms with van der Waals surface area (Å²) in [6.07, 6.45) is 2.36. The highest BCUT2D eigenvalue weighted by Crippen LogP contribution is 2.16. The molecule has 0 aromatic heterocycles. The van der Waals surface area contributed by atoms with Gasteiger partial charge in [-0.05, 0) is 61.6 Å². The maximum absolute atomic E-state index is 11.3. The first-order valence-electron chi connectivity index (χ1n) is 7.95. The molecule has 0 saturated carbocycles. The van der Waals surface area contributed by atoms with Crippen molar-refractivity contribution in [3.05, 3.63) is 65.2 Å². The van der Waals surface area contributed by atoms with Crippen LogP contribution < -0.4 is 4.74 Å². The van der Waals surface area contributed by atoms with Crippen LogP contribution in [0.5, 0.6) is 5.75 Å². The Labute approximate surface area is 142 Å². The first kappa shape index (κ1) is 17.6. The maximum Gasteiger partial charge on any atom is 0.346 e. The van der Waals surface area contributed by atoms with Crippen LogP contribution in [0, 0.1) is 11.3 Å². The van der Waals surface area contributed by atoms with Gasteiger partial charge in [-0.15, -0.1) is 0 Å². The zero-order chi connectivity index (χ0) is 17.4. The molecule has 2 aromatic rings. The van der Waals surface area contributed by atoms with Gasteiger partial charge in [0, 0.05) is 0 Å². The molecule has 0 spiro atoms. The zero-order valence-electron chi connectivity index (χ0n) is 14.0. The number of hydrogen-bond donors (Lipinski definition) is 0. The predicted molar refractivity (Wildman–Crippen MR) is 91.7 cm³/mol. The first-order valence-corrected chi connectivity index (χ1v) is 7.95. The number of esters is 1. The molecule has 124 valence electrons. The number of rotatable bonds is 7. The lowest BCUT2D eigenvalue weighted by Crippen LogP contribution is -2.24. The number of carbonyl (C=O) groups excluding carboxylic acids is 1. The molecule has 0 aliphatic heterocycles. The van der Waals surface area contributed by atoms with Gasteiger partial charge >= 0.3 is 5.97 Å². The van der Waals surface area contributed by atoms with Crippen molar-refractivity contribution in [1.82, 2.24) is 0 Å². The van der Waals surface area contributed by atoms with E-state index < -0.39 is 6.10 Å². The average Bonchev–Trinajstić information content (AvgIpc) is 2.63. The Morgan fingerprint density at radius 2 is 1.58 bits per heavy atom. The van der Waals surface area contributed by atoms with Crippen molar-refractivity contribution in [1.29, 1.82) is 5.26 Å². The molecule has 0 amide bonds. The molecule has 4 heteroatoms. The largest absolute Gasteiger partial charge is 0.479 e. The smallest absolute Gasteiger partial charge is 0.346 e. The second-order valence-corrected chi connectivity index (χ2v) is 5.59. The van der Waals surface area contributed by atoms with Gasteiger partial charge in [0.2, 0.25) is 0 Å². The number of nitrogens with zero attached hydrogens (tertiary/aromatic N) is 1. The molecular formula is C20H21NO3. The van der Waals surface area contributed by atoms with Gasteiger partial charge in [-0.2, -0.15) is 5.26 Å². The van der Waals surface area contributed by atoms with E-state index in [9.17, 15) is 4.79 Å². The van der Waals surface area contributed by atoms with Gasteiger partial charge in [0.25, 0.3) is 0 Å². The summed E-state index contributed by atoms with van der Waals surface area (Å²) >= 11 is 0. The minimum atomic E-state index is -0.614.